The first-order chi connectivity index (χ1) is 22.4. The van der Waals surface area contributed by atoms with Gasteiger partial charge < -0.3 is 34.2 Å². The Kier molecular flexibility index (Phi) is 11.6. The molecule has 0 aromatic heterocycles. The molecule has 2 N–H and O–H groups in total. The highest BCUT2D eigenvalue weighted by Gasteiger charge is 2.65. The first-order valence-electron chi connectivity index (χ1n) is 17.1. The maximum atomic E-state index is 13.7. The molecule has 1 amide bonds. The highest BCUT2D eigenvalue weighted by atomic mass is 16.7. The van der Waals surface area contributed by atoms with Gasteiger partial charge in [0.2, 0.25) is 11.7 Å². The molecule has 252 valence electrons. The van der Waals surface area contributed by atoms with E-state index in [4.69, 9.17) is 24.2 Å². The maximum absolute atomic E-state index is 13.7. The molecule has 4 aliphatic rings. The summed E-state index contributed by atoms with van der Waals surface area (Å²) in [5, 5.41) is 24.1. The fourth-order valence-electron chi connectivity index (χ4n) is 7.89. The van der Waals surface area contributed by atoms with Crippen LogP contribution in [-0.2, 0) is 14.4 Å². The lowest BCUT2D eigenvalue weighted by atomic mass is 9.55. The summed E-state index contributed by atoms with van der Waals surface area (Å²) in [7, 11) is 1.87. The monoisotopic (exact) mass is 636 g/mol. The van der Waals surface area contributed by atoms with Gasteiger partial charge in [-0.1, -0.05) is 42.8 Å². The Bertz CT molecular complexity index is 1290. The van der Waals surface area contributed by atoms with Gasteiger partial charge in [0.15, 0.2) is 0 Å². The number of rotatable bonds is 18. The summed E-state index contributed by atoms with van der Waals surface area (Å²) < 4.78 is 20.0. The fourth-order valence-corrected chi connectivity index (χ4v) is 7.89. The van der Waals surface area contributed by atoms with E-state index in [2.05, 4.69) is 25.3 Å². The number of carbonyl (C=O) groups is 1. The summed E-state index contributed by atoms with van der Waals surface area (Å²) in [5.41, 5.74) is 2.91. The van der Waals surface area contributed by atoms with Crippen molar-refractivity contribution >= 4 is 11.6 Å². The number of hydrogen-bond acceptors (Lipinski definition) is 8. The van der Waals surface area contributed by atoms with E-state index < -0.39 is 11.8 Å². The summed E-state index contributed by atoms with van der Waals surface area (Å²) in [6, 6.07) is 5.52. The molecule has 5 rings (SSSR count). The molecule has 1 aromatic rings. The third-order valence-electron chi connectivity index (χ3n) is 10.1. The van der Waals surface area contributed by atoms with Crippen LogP contribution < -0.4 is 9.47 Å². The van der Waals surface area contributed by atoms with Crippen LogP contribution in [0.2, 0.25) is 0 Å². The summed E-state index contributed by atoms with van der Waals surface area (Å²) in [5.74, 6) is 0.406. The van der Waals surface area contributed by atoms with Gasteiger partial charge in [-0.05, 0) is 81.1 Å². The highest BCUT2D eigenvalue weighted by Crippen LogP contribution is 2.62. The highest BCUT2D eigenvalue weighted by molar-refractivity contribution is 6.03. The molecule has 2 saturated carbocycles. The summed E-state index contributed by atoms with van der Waals surface area (Å²) in [6.45, 7) is 11.1. The molecule has 2 fully saturated rings. The normalized spacial score (nSPS) is 28.7. The van der Waals surface area contributed by atoms with Gasteiger partial charge in [-0.15, -0.1) is 6.58 Å². The lowest BCUT2D eigenvalue weighted by Gasteiger charge is -2.59. The lowest BCUT2D eigenvalue weighted by molar-refractivity contribution is -0.255. The largest absolute Gasteiger partial charge is 0.490 e. The van der Waals surface area contributed by atoms with Crippen LogP contribution in [0.4, 0.5) is 0 Å². The number of aliphatic hydroxyl groups excluding tert-OH is 2. The van der Waals surface area contributed by atoms with Crippen molar-refractivity contribution in [3.8, 4) is 11.5 Å². The Balaban J connectivity index is 1.74. The van der Waals surface area contributed by atoms with Crippen molar-refractivity contribution in [3.05, 3.63) is 60.7 Å². The standard InChI is InChI=1S/C37H52N2O7/c1-5-20-43-27-16-17-32-30(23-27)34-28(13-9-11-19-41)26(12-8-10-18-40)22-29-31(38-45-7-3)24-33(39(4)36(42)25-14-15-25)37(46-32,35(29)34)44-21-6-2/h5-6,16-17,22-23,25-26,28,33-35,40-41H,1-2,7-15,18-21,24H2,3-4H3. The average molecular weight is 637 g/mol. The van der Waals surface area contributed by atoms with Crippen LogP contribution in [0.3, 0.4) is 0 Å². The number of fused-ring (bicyclic) bond motifs is 2. The van der Waals surface area contributed by atoms with E-state index in [-0.39, 0.29) is 55.3 Å². The van der Waals surface area contributed by atoms with Crippen LogP contribution in [-0.4, -0.2) is 78.6 Å². The third-order valence-corrected chi connectivity index (χ3v) is 10.1. The number of unbranched alkanes of at least 4 members (excludes halogenated alkanes) is 2. The molecule has 0 spiro atoms. The Hall–Kier alpha value is -3.14. The quantitative estimate of drug-likeness (QED) is 0.120. The number of aliphatic hydroxyl groups is 2. The van der Waals surface area contributed by atoms with Crippen molar-refractivity contribution in [2.45, 2.75) is 82.5 Å². The van der Waals surface area contributed by atoms with E-state index in [0.29, 0.717) is 19.6 Å². The zero-order chi connectivity index (χ0) is 32.7. The zero-order valence-electron chi connectivity index (χ0n) is 27.6. The zero-order valence-corrected chi connectivity index (χ0v) is 27.6. The number of amides is 1. The number of benzene rings is 1. The molecule has 9 nitrogen and oxygen atoms in total. The number of hydrogen-bond donors (Lipinski definition) is 2. The van der Waals surface area contributed by atoms with Crippen LogP contribution >= 0.6 is 0 Å². The minimum atomic E-state index is -1.20. The van der Waals surface area contributed by atoms with Crippen molar-refractivity contribution in [1.29, 1.82) is 0 Å². The number of oxime groups is 1. The van der Waals surface area contributed by atoms with Crippen molar-refractivity contribution < 1.29 is 34.1 Å². The van der Waals surface area contributed by atoms with Gasteiger partial charge in [-0.3, -0.25) is 4.79 Å². The van der Waals surface area contributed by atoms with Gasteiger partial charge in [0.25, 0.3) is 0 Å². The fraction of sp³-hybridized carbons (Fsp3) is 0.622. The summed E-state index contributed by atoms with van der Waals surface area (Å²) >= 11 is 0. The molecular formula is C37H52N2O7. The Morgan fingerprint density at radius 3 is 2.52 bits per heavy atom. The third kappa shape index (κ3) is 6.92. The van der Waals surface area contributed by atoms with Crippen LogP contribution in [0.5, 0.6) is 11.5 Å². The van der Waals surface area contributed by atoms with Gasteiger partial charge >= 0.3 is 0 Å². The summed E-state index contributed by atoms with van der Waals surface area (Å²) in [6.07, 6.45) is 13.1. The SMILES string of the molecule is C=CCOc1ccc2c(c1)C1C(CCCCO)C(CCCCO)C=C3C(=NOCC)CC(N(C)C(=O)C4CC4)C(OCC=C)(O2)C31. The van der Waals surface area contributed by atoms with Gasteiger partial charge in [0, 0.05) is 44.1 Å². The minimum absolute atomic E-state index is 0.0235. The van der Waals surface area contributed by atoms with Crippen molar-refractivity contribution in [3.63, 3.8) is 0 Å². The van der Waals surface area contributed by atoms with Crippen LogP contribution in [0.1, 0.15) is 76.2 Å². The van der Waals surface area contributed by atoms with Gasteiger partial charge in [0.05, 0.1) is 18.2 Å². The molecular weight excluding hydrogens is 584 g/mol. The van der Waals surface area contributed by atoms with Gasteiger partial charge in [-0.25, -0.2) is 0 Å². The Morgan fingerprint density at radius 1 is 1.11 bits per heavy atom. The van der Waals surface area contributed by atoms with E-state index in [0.717, 1.165) is 79.7 Å². The second kappa shape index (κ2) is 15.6. The predicted molar refractivity (Wildman–Crippen MR) is 178 cm³/mol. The number of carbonyl (C=O) groups excluding carboxylic acids is 1. The molecule has 1 aromatic carbocycles. The molecule has 1 heterocycles. The second-order valence-electron chi connectivity index (χ2n) is 13.0. The van der Waals surface area contributed by atoms with E-state index in [1.807, 2.05) is 31.0 Å². The predicted octanol–water partition coefficient (Wildman–Crippen LogP) is 5.77. The van der Waals surface area contributed by atoms with Gasteiger partial charge in [-0.2, -0.15) is 0 Å². The first kappa shape index (κ1) is 34.2. The molecule has 3 aliphatic carbocycles. The van der Waals surface area contributed by atoms with Crippen LogP contribution in [0.15, 0.2) is 60.3 Å². The van der Waals surface area contributed by atoms with E-state index in [9.17, 15) is 15.0 Å². The molecule has 9 heteroatoms. The molecule has 0 radical (unpaired) electrons. The Labute approximate surface area is 273 Å². The number of ether oxygens (including phenoxy) is 3. The first-order valence-corrected chi connectivity index (χ1v) is 17.1. The van der Waals surface area contributed by atoms with E-state index in [1.165, 1.54) is 0 Å². The second-order valence-corrected chi connectivity index (χ2v) is 13.0. The molecule has 0 saturated heterocycles. The molecule has 46 heavy (non-hydrogen) atoms. The molecule has 6 atom stereocenters. The molecule has 1 aliphatic heterocycles. The summed E-state index contributed by atoms with van der Waals surface area (Å²) in [4.78, 5) is 21.3. The van der Waals surface area contributed by atoms with E-state index in [1.54, 1.807) is 12.2 Å². The van der Waals surface area contributed by atoms with Crippen LogP contribution in [0.25, 0.3) is 0 Å². The maximum Gasteiger partial charge on any atom is 0.239 e. The average Bonchev–Trinajstić information content (AvgIpc) is 3.92. The van der Waals surface area contributed by atoms with Crippen molar-refractivity contribution in [2.75, 3.05) is 40.1 Å². The number of nitrogens with zero attached hydrogens (tertiary/aromatic N) is 2. The smallest absolute Gasteiger partial charge is 0.239 e. The van der Waals surface area contributed by atoms with Crippen LogP contribution in [0, 0.1) is 23.7 Å². The lowest BCUT2D eigenvalue weighted by Crippen LogP contribution is -2.69. The molecule has 6 unspecified atom stereocenters. The Morgan fingerprint density at radius 2 is 1.85 bits per heavy atom. The number of likely N-dealkylation sites (N-methyl/N-ethyl adjacent to an activating group) is 1. The van der Waals surface area contributed by atoms with Crippen molar-refractivity contribution in [1.82, 2.24) is 4.90 Å². The topological polar surface area (TPSA) is 110 Å². The van der Waals surface area contributed by atoms with E-state index >= 15 is 0 Å². The molecule has 0 bridgehead atoms. The number of allylic oxidation sites excluding steroid dienone is 1. The van der Waals surface area contributed by atoms with Gasteiger partial charge in [0.1, 0.15) is 30.8 Å². The minimum Gasteiger partial charge on any atom is -0.490 e. The van der Waals surface area contributed by atoms with Crippen molar-refractivity contribution in [2.24, 2.45) is 28.8 Å².